The van der Waals surface area contributed by atoms with E-state index in [2.05, 4.69) is 0 Å². The molecule has 4 aromatic carbocycles. The fraction of sp³-hybridized carbons (Fsp3) is 0.263. The topological polar surface area (TPSA) is 90.5 Å². The summed E-state index contributed by atoms with van der Waals surface area (Å²) in [5.74, 6) is 0.707. The highest BCUT2D eigenvalue weighted by atomic mass is 16.6. The number of hydrogen-bond acceptors (Lipinski definition) is 7. The maximum Gasteiger partial charge on any atom is 0.144 e. The predicted octanol–water partition coefficient (Wildman–Crippen LogP) is 6.91. The molecule has 0 amide bonds. The van der Waals surface area contributed by atoms with Gasteiger partial charge < -0.3 is 33.6 Å². The molecule has 0 bridgehead atoms. The third-order valence-electron chi connectivity index (χ3n) is 7.43. The molecule has 7 nitrogen and oxygen atoms in total. The van der Waals surface area contributed by atoms with Gasteiger partial charge in [-0.05, 0) is 28.3 Å². The van der Waals surface area contributed by atoms with Crippen molar-refractivity contribution >= 4 is 0 Å². The summed E-state index contributed by atoms with van der Waals surface area (Å²) in [4.78, 5) is 0. The van der Waals surface area contributed by atoms with Crippen LogP contribution in [0.15, 0.2) is 132 Å². The Bertz CT molecular complexity index is 1490. The lowest BCUT2D eigenvalue weighted by Gasteiger charge is -2.33. The van der Waals surface area contributed by atoms with Gasteiger partial charge >= 0.3 is 0 Å². The Labute approximate surface area is 264 Å². The van der Waals surface area contributed by atoms with Gasteiger partial charge in [-0.3, -0.25) is 0 Å². The van der Waals surface area contributed by atoms with Gasteiger partial charge in [0, 0.05) is 5.56 Å². The fourth-order valence-electron chi connectivity index (χ4n) is 5.04. The van der Waals surface area contributed by atoms with E-state index >= 15 is 0 Å². The smallest absolute Gasteiger partial charge is 0.144 e. The van der Waals surface area contributed by atoms with Crippen molar-refractivity contribution in [3.05, 3.63) is 167 Å². The van der Waals surface area contributed by atoms with Crippen LogP contribution in [0.25, 0.3) is 0 Å². The third-order valence-corrected chi connectivity index (χ3v) is 7.43. The van der Waals surface area contributed by atoms with E-state index in [1.54, 1.807) is 6.07 Å². The van der Waals surface area contributed by atoms with Crippen molar-refractivity contribution in [2.75, 3.05) is 6.61 Å². The molecule has 5 rings (SSSR count). The molecule has 0 spiro atoms. The average Bonchev–Trinajstić information content (AvgIpc) is 3.53. The molecule has 234 valence electrons. The van der Waals surface area contributed by atoms with E-state index in [1.807, 2.05) is 121 Å². The molecule has 0 saturated carbocycles. The molecule has 0 radical (unpaired) electrons. The zero-order valence-corrected chi connectivity index (χ0v) is 25.2. The molecule has 45 heavy (non-hydrogen) atoms. The quantitative estimate of drug-likeness (QED) is 0.112. The molecular weight excluding hydrogens is 568 g/mol. The summed E-state index contributed by atoms with van der Waals surface area (Å²) in [6.07, 6.45) is -2.04. The highest BCUT2D eigenvalue weighted by Crippen LogP contribution is 2.33. The van der Waals surface area contributed by atoms with E-state index in [4.69, 9.17) is 23.4 Å². The SMILES string of the molecule is OCc1cc([C@@H](OCc2ccccc2)[C@H](OCc2ccccc2)[C@@H](COCc2ccccc2)OCc2ccccc2)oc1CO. The Kier molecular flexibility index (Phi) is 12.5. The Balaban J connectivity index is 1.49. The lowest BCUT2D eigenvalue weighted by atomic mass is 10.0. The minimum atomic E-state index is -0.763. The van der Waals surface area contributed by atoms with Gasteiger partial charge in [-0.15, -0.1) is 0 Å². The van der Waals surface area contributed by atoms with Crippen LogP contribution in [-0.4, -0.2) is 29.0 Å². The minimum Gasteiger partial charge on any atom is -0.460 e. The van der Waals surface area contributed by atoms with Crippen molar-refractivity contribution in [3.63, 3.8) is 0 Å². The van der Waals surface area contributed by atoms with Crippen LogP contribution in [0.3, 0.4) is 0 Å². The largest absolute Gasteiger partial charge is 0.460 e. The molecule has 0 unspecified atom stereocenters. The summed E-state index contributed by atoms with van der Waals surface area (Å²) < 4.78 is 32.2. The van der Waals surface area contributed by atoms with Gasteiger partial charge in [-0.1, -0.05) is 121 Å². The molecule has 1 aromatic heterocycles. The molecule has 1 heterocycles. The Morgan fingerprint density at radius 1 is 0.533 bits per heavy atom. The maximum atomic E-state index is 10.00. The van der Waals surface area contributed by atoms with Crippen LogP contribution in [0.2, 0.25) is 0 Å². The summed E-state index contributed by atoms with van der Waals surface area (Å²) in [5, 5.41) is 20.0. The minimum absolute atomic E-state index is 0.215. The van der Waals surface area contributed by atoms with Gasteiger partial charge in [0.25, 0.3) is 0 Å². The molecule has 7 heteroatoms. The molecule has 0 fully saturated rings. The number of rotatable bonds is 18. The van der Waals surface area contributed by atoms with Crippen LogP contribution in [0.5, 0.6) is 0 Å². The van der Waals surface area contributed by atoms with E-state index in [0.717, 1.165) is 22.3 Å². The zero-order chi connectivity index (χ0) is 31.1. The second kappa shape index (κ2) is 17.4. The summed E-state index contributed by atoms with van der Waals surface area (Å²) in [7, 11) is 0. The molecule has 3 atom stereocenters. The Morgan fingerprint density at radius 3 is 1.47 bits per heavy atom. The van der Waals surface area contributed by atoms with E-state index < -0.39 is 18.3 Å². The van der Waals surface area contributed by atoms with Crippen molar-refractivity contribution < 1.29 is 33.6 Å². The molecule has 0 aliphatic rings. The van der Waals surface area contributed by atoms with Crippen molar-refractivity contribution in [2.24, 2.45) is 0 Å². The second-order valence-corrected chi connectivity index (χ2v) is 10.7. The first-order valence-corrected chi connectivity index (χ1v) is 15.1. The van der Waals surface area contributed by atoms with E-state index in [9.17, 15) is 10.2 Å². The fourth-order valence-corrected chi connectivity index (χ4v) is 5.04. The lowest BCUT2D eigenvalue weighted by molar-refractivity contribution is -0.174. The second-order valence-electron chi connectivity index (χ2n) is 10.7. The molecule has 0 aliphatic heterocycles. The van der Waals surface area contributed by atoms with Crippen LogP contribution in [0, 0.1) is 0 Å². The van der Waals surface area contributed by atoms with E-state index in [0.29, 0.717) is 31.1 Å². The molecular formula is C38H40O7. The first kappa shape index (κ1) is 32.3. The monoisotopic (exact) mass is 608 g/mol. The first-order chi connectivity index (χ1) is 22.2. The third kappa shape index (κ3) is 9.70. The standard InChI is InChI=1S/C38H40O7/c39-22-33-21-34(45-35(33)23-40)37(43-26-31-17-9-3-10-18-31)38(44-27-32-19-11-4-12-20-32)36(42-25-30-15-7-2-8-16-30)28-41-24-29-13-5-1-6-14-29/h1-21,36-40H,22-28H2/t36-,37-,38-/m1/s1. The van der Waals surface area contributed by atoms with Gasteiger partial charge in [-0.25, -0.2) is 0 Å². The van der Waals surface area contributed by atoms with E-state index in [1.165, 1.54) is 0 Å². The number of furan rings is 1. The van der Waals surface area contributed by atoms with Crippen molar-refractivity contribution in [1.82, 2.24) is 0 Å². The van der Waals surface area contributed by atoms with Crippen LogP contribution in [0.4, 0.5) is 0 Å². The summed E-state index contributed by atoms with van der Waals surface area (Å²) in [5.41, 5.74) is 4.51. The first-order valence-electron chi connectivity index (χ1n) is 15.1. The number of aliphatic hydroxyl groups is 2. The number of aliphatic hydroxyl groups excluding tert-OH is 2. The Hall–Kier alpha value is -4.08. The highest BCUT2D eigenvalue weighted by molar-refractivity contribution is 5.24. The van der Waals surface area contributed by atoms with Crippen LogP contribution in [0.1, 0.15) is 45.4 Å². The van der Waals surface area contributed by atoms with Crippen LogP contribution < -0.4 is 0 Å². The molecule has 0 aliphatic carbocycles. The number of ether oxygens (including phenoxy) is 4. The highest BCUT2D eigenvalue weighted by Gasteiger charge is 2.37. The Morgan fingerprint density at radius 2 is 1.00 bits per heavy atom. The van der Waals surface area contributed by atoms with Gasteiger partial charge in [-0.2, -0.15) is 0 Å². The van der Waals surface area contributed by atoms with Gasteiger partial charge in [0.15, 0.2) is 0 Å². The van der Waals surface area contributed by atoms with Gasteiger partial charge in [0.2, 0.25) is 0 Å². The summed E-state index contributed by atoms with van der Waals surface area (Å²) >= 11 is 0. The molecule has 2 N–H and O–H groups in total. The predicted molar refractivity (Wildman–Crippen MR) is 171 cm³/mol. The number of hydrogen-bond donors (Lipinski definition) is 2. The van der Waals surface area contributed by atoms with Crippen LogP contribution in [-0.2, 0) is 58.6 Å². The number of benzene rings is 4. The summed E-state index contributed by atoms with van der Waals surface area (Å²) in [6, 6.07) is 41.4. The van der Waals surface area contributed by atoms with E-state index in [-0.39, 0.29) is 32.2 Å². The van der Waals surface area contributed by atoms with Crippen molar-refractivity contribution in [2.45, 2.75) is 58.0 Å². The normalized spacial score (nSPS) is 13.4. The molecule has 5 aromatic rings. The zero-order valence-electron chi connectivity index (χ0n) is 25.2. The summed E-state index contributed by atoms with van der Waals surface area (Å²) in [6.45, 7) is 0.875. The lowest BCUT2D eigenvalue weighted by Crippen LogP contribution is -2.41. The maximum absolute atomic E-state index is 10.00. The average molecular weight is 609 g/mol. The van der Waals surface area contributed by atoms with Crippen molar-refractivity contribution in [3.8, 4) is 0 Å². The van der Waals surface area contributed by atoms with Gasteiger partial charge in [0.1, 0.15) is 36.4 Å². The van der Waals surface area contributed by atoms with Crippen LogP contribution >= 0.6 is 0 Å². The van der Waals surface area contributed by atoms with Crippen molar-refractivity contribution in [1.29, 1.82) is 0 Å². The van der Waals surface area contributed by atoms with Gasteiger partial charge in [0.05, 0.1) is 39.6 Å². The molecule has 0 saturated heterocycles.